The monoisotopic (exact) mass is 515 g/mol. The summed E-state index contributed by atoms with van der Waals surface area (Å²) in [6.07, 6.45) is 3.85. The van der Waals surface area contributed by atoms with E-state index in [1.807, 2.05) is 79.3 Å². The molecule has 38 heavy (non-hydrogen) atoms. The number of aliphatic carboxylic acids is 1. The Bertz CT molecular complexity index is 1450. The summed E-state index contributed by atoms with van der Waals surface area (Å²) in [5.74, 6) is -0.959. The molecule has 0 aliphatic heterocycles. The Kier molecular flexibility index (Phi) is 7.39. The molecule has 0 saturated carbocycles. The molecule has 0 aliphatic rings. The summed E-state index contributed by atoms with van der Waals surface area (Å²) in [4.78, 5) is 16.3. The summed E-state index contributed by atoms with van der Waals surface area (Å²) in [5.41, 5.74) is 4.72. The normalized spacial score (nSPS) is 12.0. The molecule has 5 nitrogen and oxygen atoms in total. The van der Waals surface area contributed by atoms with Gasteiger partial charge in [0.1, 0.15) is 5.54 Å². The Morgan fingerprint density at radius 1 is 0.842 bits per heavy atom. The Balaban J connectivity index is 1.71. The van der Waals surface area contributed by atoms with E-state index in [0.717, 1.165) is 27.9 Å². The highest BCUT2D eigenvalue weighted by Crippen LogP contribution is 2.42. The number of hydrogen-bond donors (Lipinski definition) is 1. The van der Waals surface area contributed by atoms with Crippen molar-refractivity contribution in [3.63, 3.8) is 0 Å². The van der Waals surface area contributed by atoms with Crippen LogP contribution < -0.4 is 0 Å². The molecule has 1 N–H and O–H groups in total. The molecule has 1 atom stereocenters. The Labute approximate surface area is 226 Å². The van der Waals surface area contributed by atoms with Crippen LogP contribution in [0.5, 0.6) is 0 Å². The summed E-state index contributed by atoms with van der Waals surface area (Å²) in [7, 11) is 0. The maximum Gasteiger partial charge on any atom is 0.313 e. The number of nitrogens with zero attached hydrogens (tertiary/aromatic N) is 3. The Morgan fingerprint density at radius 2 is 1.34 bits per heavy atom. The molecule has 0 radical (unpaired) electrons. The predicted molar refractivity (Wildman–Crippen MR) is 150 cm³/mol. The zero-order valence-corrected chi connectivity index (χ0v) is 21.3. The van der Waals surface area contributed by atoms with Crippen LogP contribution in [-0.4, -0.2) is 26.4 Å². The molecular formula is C32H25N3O2S. The minimum Gasteiger partial charge on any atom is -0.481 e. The summed E-state index contributed by atoms with van der Waals surface area (Å²) < 4.78 is 2.13. The number of carboxylic acid groups (broad SMARTS) is 1. The summed E-state index contributed by atoms with van der Waals surface area (Å²) in [6, 6.07) is 40.4. The van der Waals surface area contributed by atoms with Crippen LogP contribution >= 0.6 is 11.8 Å². The molecule has 1 aromatic heterocycles. The third-order valence-electron chi connectivity index (χ3n) is 6.55. The van der Waals surface area contributed by atoms with E-state index in [-0.39, 0.29) is 11.0 Å². The van der Waals surface area contributed by atoms with E-state index < -0.39 is 11.5 Å². The van der Waals surface area contributed by atoms with Crippen LogP contribution in [0.4, 0.5) is 0 Å². The van der Waals surface area contributed by atoms with Gasteiger partial charge < -0.3 is 9.67 Å². The van der Waals surface area contributed by atoms with Gasteiger partial charge in [0.15, 0.2) is 0 Å². The van der Waals surface area contributed by atoms with E-state index in [1.165, 1.54) is 11.8 Å². The van der Waals surface area contributed by atoms with E-state index in [4.69, 9.17) is 4.98 Å². The smallest absolute Gasteiger partial charge is 0.313 e. The minimum atomic E-state index is -0.889. The van der Waals surface area contributed by atoms with Gasteiger partial charge in [0.25, 0.3) is 0 Å². The van der Waals surface area contributed by atoms with Gasteiger partial charge in [-0.15, -0.1) is 11.8 Å². The highest BCUT2D eigenvalue weighted by molar-refractivity contribution is 8.00. The van der Waals surface area contributed by atoms with Crippen molar-refractivity contribution in [1.29, 1.82) is 5.26 Å². The number of nitriles is 1. The number of aromatic nitrogens is 2. The molecule has 186 valence electrons. The van der Waals surface area contributed by atoms with Crippen LogP contribution in [0.3, 0.4) is 0 Å². The van der Waals surface area contributed by atoms with Crippen molar-refractivity contribution < 1.29 is 9.90 Å². The van der Waals surface area contributed by atoms with Crippen molar-refractivity contribution in [2.45, 2.75) is 10.8 Å². The maximum atomic E-state index is 11.5. The number of hydrogen-bond acceptors (Lipinski definition) is 4. The highest BCUT2D eigenvalue weighted by Gasteiger charge is 2.38. The van der Waals surface area contributed by atoms with Gasteiger partial charge in [-0.25, -0.2) is 4.98 Å². The molecule has 0 fully saturated rings. The second-order valence-electron chi connectivity index (χ2n) is 8.83. The quantitative estimate of drug-likeness (QED) is 0.227. The molecule has 4 aromatic carbocycles. The number of benzene rings is 4. The molecule has 1 heterocycles. The van der Waals surface area contributed by atoms with Crippen LogP contribution in [0.1, 0.15) is 38.8 Å². The van der Waals surface area contributed by atoms with Gasteiger partial charge in [-0.05, 0) is 34.4 Å². The van der Waals surface area contributed by atoms with Crippen LogP contribution in [0.15, 0.2) is 128 Å². The van der Waals surface area contributed by atoms with Gasteiger partial charge in [-0.1, -0.05) is 103 Å². The molecule has 0 amide bonds. The third kappa shape index (κ3) is 4.84. The average Bonchev–Trinajstić information content (AvgIpc) is 3.45. The van der Waals surface area contributed by atoms with Crippen LogP contribution in [-0.2, 0) is 10.3 Å². The zero-order valence-electron chi connectivity index (χ0n) is 20.5. The lowest BCUT2D eigenvalue weighted by Crippen LogP contribution is -2.36. The fraction of sp³-hybridized carbons (Fsp3) is 0.0938. The zero-order chi connectivity index (χ0) is 26.4. The molecule has 6 heteroatoms. The minimum absolute atomic E-state index is 0.0707. The fourth-order valence-corrected chi connectivity index (χ4v) is 5.83. The molecule has 0 saturated heterocycles. The number of thioether (sulfide) groups is 1. The van der Waals surface area contributed by atoms with Gasteiger partial charge >= 0.3 is 5.97 Å². The van der Waals surface area contributed by atoms with Gasteiger partial charge in [0.2, 0.25) is 0 Å². The van der Waals surface area contributed by atoms with Crippen molar-refractivity contribution in [3.05, 3.63) is 161 Å². The fourth-order valence-electron chi connectivity index (χ4n) is 4.88. The number of carboxylic acids is 1. The Hall–Kier alpha value is -4.60. The summed E-state index contributed by atoms with van der Waals surface area (Å²) in [6.45, 7) is 0. The summed E-state index contributed by atoms with van der Waals surface area (Å²) >= 11 is 1.30. The molecule has 5 rings (SSSR count). The molecule has 5 aromatic rings. The van der Waals surface area contributed by atoms with Crippen LogP contribution in [0.2, 0.25) is 0 Å². The standard InChI is InChI=1S/C32H25N3O2S/c33-20-24-16-18-25(19-17-24)31(38-22-30(36)37)29-21-35(23-34-29)32(26-10-4-1-5-11-26,27-12-6-2-7-13-27)28-14-8-3-9-15-28/h1-19,21,23,31H,22H2,(H,36,37). The van der Waals surface area contributed by atoms with Crippen molar-refractivity contribution in [3.8, 4) is 6.07 Å². The third-order valence-corrected chi connectivity index (χ3v) is 7.81. The average molecular weight is 516 g/mol. The van der Waals surface area contributed by atoms with Crippen LogP contribution in [0, 0.1) is 11.3 Å². The van der Waals surface area contributed by atoms with E-state index >= 15 is 0 Å². The molecule has 1 unspecified atom stereocenters. The Morgan fingerprint density at radius 3 is 1.79 bits per heavy atom. The van der Waals surface area contributed by atoms with Crippen molar-refractivity contribution in [2.75, 3.05) is 5.75 Å². The first kappa shape index (κ1) is 25.1. The van der Waals surface area contributed by atoms with Crippen LogP contribution in [0.25, 0.3) is 0 Å². The first-order valence-electron chi connectivity index (χ1n) is 12.2. The van der Waals surface area contributed by atoms with Gasteiger partial charge in [0, 0.05) is 6.20 Å². The van der Waals surface area contributed by atoms with E-state index in [2.05, 4.69) is 47.0 Å². The molecule has 0 aliphatic carbocycles. The second kappa shape index (κ2) is 11.2. The molecular weight excluding hydrogens is 490 g/mol. The lowest BCUT2D eigenvalue weighted by atomic mass is 9.77. The number of imidazole rings is 1. The second-order valence-corrected chi connectivity index (χ2v) is 9.93. The van der Waals surface area contributed by atoms with Crippen molar-refractivity contribution >= 4 is 17.7 Å². The van der Waals surface area contributed by atoms with E-state index in [1.54, 1.807) is 12.1 Å². The lowest BCUT2D eigenvalue weighted by Gasteiger charge is -2.37. The maximum absolute atomic E-state index is 11.5. The van der Waals surface area contributed by atoms with Gasteiger partial charge in [-0.3, -0.25) is 4.79 Å². The molecule has 0 bridgehead atoms. The van der Waals surface area contributed by atoms with Gasteiger partial charge in [-0.2, -0.15) is 5.26 Å². The highest BCUT2D eigenvalue weighted by atomic mass is 32.2. The van der Waals surface area contributed by atoms with Gasteiger partial charge in [0.05, 0.1) is 34.7 Å². The lowest BCUT2D eigenvalue weighted by molar-refractivity contribution is -0.133. The molecule has 0 spiro atoms. The first-order valence-corrected chi connectivity index (χ1v) is 13.2. The number of carbonyl (C=O) groups is 1. The predicted octanol–water partition coefficient (Wildman–Crippen LogP) is 6.50. The van der Waals surface area contributed by atoms with Crippen molar-refractivity contribution in [2.24, 2.45) is 0 Å². The largest absolute Gasteiger partial charge is 0.481 e. The summed E-state index contributed by atoms with van der Waals surface area (Å²) in [5, 5.41) is 18.3. The topological polar surface area (TPSA) is 78.9 Å². The number of rotatable bonds is 9. The van der Waals surface area contributed by atoms with E-state index in [0.29, 0.717) is 5.56 Å². The SMILES string of the molecule is N#Cc1ccc(C(SCC(=O)O)c2cn(C(c3ccccc3)(c3ccccc3)c3ccccc3)cn2)cc1. The van der Waals surface area contributed by atoms with E-state index in [9.17, 15) is 15.2 Å². The first-order chi connectivity index (χ1) is 18.6. The van der Waals surface area contributed by atoms with Crippen molar-refractivity contribution in [1.82, 2.24) is 9.55 Å².